The molecule has 1 heterocycles. The van der Waals surface area contributed by atoms with Crippen LogP contribution >= 0.6 is 11.6 Å². The highest BCUT2D eigenvalue weighted by molar-refractivity contribution is 6.32. The van der Waals surface area contributed by atoms with E-state index in [2.05, 4.69) is 11.1 Å². The predicted octanol–water partition coefficient (Wildman–Crippen LogP) is 4.74. The van der Waals surface area contributed by atoms with Crippen LogP contribution in [0, 0.1) is 28.4 Å². The summed E-state index contributed by atoms with van der Waals surface area (Å²) < 4.78 is 0. The third-order valence-electron chi connectivity index (χ3n) is 4.06. The minimum atomic E-state index is -0.560. The van der Waals surface area contributed by atoms with Gasteiger partial charge in [-0.2, -0.15) is 5.26 Å². The number of hydrogen-bond acceptors (Lipinski definition) is 5. The predicted molar refractivity (Wildman–Crippen MR) is 101 cm³/mol. The molecule has 7 heteroatoms. The van der Waals surface area contributed by atoms with Gasteiger partial charge in [0.2, 0.25) is 0 Å². The molecule has 0 bridgehead atoms. The standard InChI is InChI=1S/C19H13ClN4O2/c1-11-17(13-7-8-15(20)16(9-13)24(25)26)14(10-21)19(22)23-18(11)12-5-3-2-4-6-12/h2-9H,1H3,(H2,22,23). The number of aromatic nitrogens is 1. The van der Waals surface area contributed by atoms with E-state index in [1.165, 1.54) is 12.1 Å². The number of benzene rings is 2. The lowest BCUT2D eigenvalue weighted by molar-refractivity contribution is -0.384. The summed E-state index contributed by atoms with van der Waals surface area (Å²) in [6.45, 7) is 1.81. The molecule has 0 aliphatic carbocycles. The number of nitriles is 1. The van der Waals surface area contributed by atoms with Crippen LogP contribution in [-0.4, -0.2) is 9.91 Å². The average Bonchev–Trinajstić information content (AvgIpc) is 2.64. The fraction of sp³-hybridized carbons (Fsp3) is 0.0526. The summed E-state index contributed by atoms with van der Waals surface area (Å²) >= 11 is 5.91. The second kappa shape index (κ2) is 6.82. The van der Waals surface area contributed by atoms with E-state index in [1.54, 1.807) is 6.07 Å². The first-order chi connectivity index (χ1) is 12.4. The summed E-state index contributed by atoms with van der Waals surface area (Å²) in [5.74, 6) is 0.0737. The maximum atomic E-state index is 11.2. The molecule has 0 saturated carbocycles. The number of nitrogens with zero attached hydrogens (tertiary/aromatic N) is 3. The number of anilines is 1. The van der Waals surface area contributed by atoms with Gasteiger partial charge in [0.1, 0.15) is 22.5 Å². The monoisotopic (exact) mass is 364 g/mol. The van der Waals surface area contributed by atoms with Crippen molar-refractivity contribution < 1.29 is 4.92 Å². The van der Waals surface area contributed by atoms with Crippen molar-refractivity contribution in [3.63, 3.8) is 0 Å². The molecule has 3 aromatic rings. The fourth-order valence-corrected chi connectivity index (χ4v) is 3.04. The van der Waals surface area contributed by atoms with Crippen molar-refractivity contribution in [3.05, 3.63) is 74.8 Å². The van der Waals surface area contributed by atoms with Crippen molar-refractivity contribution in [3.8, 4) is 28.5 Å². The van der Waals surface area contributed by atoms with E-state index in [1.807, 2.05) is 37.3 Å². The molecule has 1 aromatic heterocycles. The van der Waals surface area contributed by atoms with Gasteiger partial charge in [0.25, 0.3) is 5.69 Å². The van der Waals surface area contributed by atoms with Crippen LogP contribution in [0.15, 0.2) is 48.5 Å². The zero-order valence-electron chi connectivity index (χ0n) is 13.7. The highest BCUT2D eigenvalue weighted by atomic mass is 35.5. The Bertz CT molecular complexity index is 1060. The Labute approximate surface area is 154 Å². The van der Waals surface area contributed by atoms with E-state index in [9.17, 15) is 15.4 Å². The van der Waals surface area contributed by atoms with Gasteiger partial charge in [-0.15, -0.1) is 0 Å². The Kier molecular flexibility index (Phi) is 4.57. The van der Waals surface area contributed by atoms with Crippen LogP contribution in [-0.2, 0) is 0 Å². The molecule has 0 saturated heterocycles. The normalized spacial score (nSPS) is 10.3. The van der Waals surface area contributed by atoms with Crippen LogP contribution in [0.2, 0.25) is 5.02 Å². The number of halogens is 1. The van der Waals surface area contributed by atoms with Crippen molar-refractivity contribution in [2.24, 2.45) is 0 Å². The Morgan fingerprint density at radius 2 is 1.88 bits per heavy atom. The highest BCUT2D eigenvalue weighted by Crippen LogP contribution is 2.38. The van der Waals surface area contributed by atoms with Crippen LogP contribution in [0.3, 0.4) is 0 Å². The lowest BCUT2D eigenvalue weighted by Crippen LogP contribution is -2.03. The molecule has 2 aromatic carbocycles. The maximum absolute atomic E-state index is 11.2. The summed E-state index contributed by atoms with van der Waals surface area (Å²) in [6.07, 6.45) is 0. The third-order valence-corrected chi connectivity index (χ3v) is 4.38. The third kappa shape index (κ3) is 2.96. The molecule has 0 amide bonds. The van der Waals surface area contributed by atoms with Crippen molar-refractivity contribution in [1.82, 2.24) is 4.98 Å². The van der Waals surface area contributed by atoms with E-state index in [0.717, 1.165) is 5.56 Å². The van der Waals surface area contributed by atoms with Gasteiger partial charge in [-0.25, -0.2) is 4.98 Å². The Morgan fingerprint density at radius 3 is 2.50 bits per heavy atom. The van der Waals surface area contributed by atoms with Gasteiger partial charge >= 0.3 is 0 Å². The number of nitro groups is 1. The second-order valence-corrected chi connectivity index (χ2v) is 6.03. The van der Waals surface area contributed by atoms with Crippen molar-refractivity contribution in [2.45, 2.75) is 6.92 Å². The molecule has 26 heavy (non-hydrogen) atoms. The molecule has 0 atom stereocenters. The number of hydrogen-bond donors (Lipinski definition) is 1. The van der Waals surface area contributed by atoms with E-state index in [0.29, 0.717) is 22.4 Å². The Balaban J connectivity index is 2.34. The SMILES string of the molecule is Cc1c(-c2ccccc2)nc(N)c(C#N)c1-c1ccc(Cl)c([N+](=O)[O-])c1. The summed E-state index contributed by atoms with van der Waals surface area (Å²) in [7, 11) is 0. The molecule has 0 spiro atoms. The number of pyridine rings is 1. The molecule has 2 N–H and O–H groups in total. The largest absolute Gasteiger partial charge is 0.383 e. The second-order valence-electron chi connectivity index (χ2n) is 5.62. The fourth-order valence-electron chi connectivity index (χ4n) is 2.85. The van der Waals surface area contributed by atoms with Crippen LogP contribution in [0.4, 0.5) is 11.5 Å². The zero-order valence-corrected chi connectivity index (χ0v) is 14.5. The van der Waals surface area contributed by atoms with E-state index < -0.39 is 4.92 Å². The van der Waals surface area contributed by atoms with Crippen LogP contribution in [0.25, 0.3) is 22.4 Å². The van der Waals surface area contributed by atoms with Crippen molar-refractivity contribution in [2.75, 3.05) is 5.73 Å². The molecule has 0 fully saturated rings. The first-order valence-corrected chi connectivity index (χ1v) is 8.01. The van der Waals surface area contributed by atoms with Gasteiger partial charge in [-0.3, -0.25) is 10.1 Å². The first kappa shape index (κ1) is 17.4. The molecule has 0 aliphatic rings. The van der Waals surface area contributed by atoms with Gasteiger partial charge in [0, 0.05) is 17.2 Å². The molecule has 0 radical (unpaired) electrons. The molecule has 0 unspecified atom stereocenters. The minimum absolute atomic E-state index is 0.0280. The molecular weight excluding hydrogens is 352 g/mol. The number of nitrogens with two attached hydrogens (primary N) is 1. The van der Waals surface area contributed by atoms with Crippen LogP contribution in [0.1, 0.15) is 11.1 Å². The Hall–Kier alpha value is -3.43. The molecule has 0 aliphatic heterocycles. The lowest BCUT2D eigenvalue weighted by Gasteiger charge is -2.15. The van der Waals surface area contributed by atoms with Gasteiger partial charge in [-0.1, -0.05) is 48.0 Å². The number of nitrogen functional groups attached to an aromatic ring is 1. The number of rotatable bonds is 3. The smallest absolute Gasteiger partial charge is 0.288 e. The van der Waals surface area contributed by atoms with Crippen LogP contribution < -0.4 is 5.73 Å². The summed E-state index contributed by atoms with van der Waals surface area (Å²) in [6, 6.07) is 15.9. The van der Waals surface area contributed by atoms with Gasteiger partial charge in [0.15, 0.2) is 0 Å². The average molecular weight is 365 g/mol. The van der Waals surface area contributed by atoms with Gasteiger partial charge in [0.05, 0.1) is 10.6 Å². The van der Waals surface area contributed by atoms with E-state index >= 15 is 0 Å². The summed E-state index contributed by atoms with van der Waals surface area (Å²) in [5, 5.41) is 20.8. The topological polar surface area (TPSA) is 106 Å². The Morgan fingerprint density at radius 1 is 1.19 bits per heavy atom. The maximum Gasteiger partial charge on any atom is 0.288 e. The summed E-state index contributed by atoms with van der Waals surface area (Å²) in [5.41, 5.74) is 9.12. The highest BCUT2D eigenvalue weighted by Gasteiger charge is 2.21. The zero-order chi connectivity index (χ0) is 18.8. The molecular formula is C19H13ClN4O2. The van der Waals surface area contributed by atoms with E-state index in [-0.39, 0.29) is 22.1 Å². The lowest BCUT2D eigenvalue weighted by atomic mass is 9.92. The minimum Gasteiger partial charge on any atom is -0.383 e. The molecule has 3 rings (SSSR count). The molecule has 128 valence electrons. The van der Waals surface area contributed by atoms with Gasteiger partial charge < -0.3 is 5.73 Å². The quantitative estimate of drug-likeness (QED) is 0.533. The van der Waals surface area contributed by atoms with Crippen LogP contribution in [0.5, 0.6) is 0 Å². The summed E-state index contributed by atoms with van der Waals surface area (Å²) in [4.78, 5) is 15.0. The van der Waals surface area contributed by atoms with E-state index in [4.69, 9.17) is 17.3 Å². The number of nitro benzene ring substituents is 1. The van der Waals surface area contributed by atoms with Crippen molar-refractivity contribution in [1.29, 1.82) is 5.26 Å². The molecule has 6 nitrogen and oxygen atoms in total. The van der Waals surface area contributed by atoms with Crippen molar-refractivity contribution >= 4 is 23.1 Å². The first-order valence-electron chi connectivity index (χ1n) is 7.64. The van der Waals surface area contributed by atoms with Gasteiger partial charge in [-0.05, 0) is 24.1 Å².